The summed E-state index contributed by atoms with van der Waals surface area (Å²) in [7, 11) is 0. The van der Waals surface area contributed by atoms with Gasteiger partial charge in [0.1, 0.15) is 5.75 Å². The van der Waals surface area contributed by atoms with Gasteiger partial charge in [0, 0.05) is 12.1 Å². The summed E-state index contributed by atoms with van der Waals surface area (Å²) in [5.74, 6) is -0.0568. The number of hydrogen-bond donors (Lipinski definition) is 1. The second-order valence-corrected chi connectivity index (χ2v) is 9.30. The highest BCUT2D eigenvalue weighted by atomic mass is 19.4. The Morgan fingerprint density at radius 2 is 1.76 bits per heavy atom. The third kappa shape index (κ3) is 4.81. The van der Waals surface area contributed by atoms with Crippen LogP contribution >= 0.6 is 0 Å². The molecule has 2 heterocycles. The van der Waals surface area contributed by atoms with Gasteiger partial charge in [-0.3, -0.25) is 9.89 Å². The maximum atomic E-state index is 14.0. The lowest BCUT2D eigenvalue weighted by molar-refractivity contribution is -0.274. The van der Waals surface area contributed by atoms with Crippen molar-refractivity contribution in [3.8, 4) is 28.3 Å². The zero-order valence-corrected chi connectivity index (χ0v) is 20.3. The Morgan fingerprint density at radius 1 is 1.03 bits per heavy atom. The molecule has 1 atom stereocenters. The molecule has 4 aromatic rings. The largest absolute Gasteiger partial charge is 0.573 e. The summed E-state index contributed by atoms with van der Waals surface area (Å²) < 4.78 is 42.9. The van der Waals surface area contributed by atoms with Gasteiger partial charge in [0.2, 0.25) is 0 Å². The van der Waals surface area contributed by atoms with Gasteiger partial charge in [-0.1, -0.05) is 60.2 Å². The highest BCUT2D eigenvalue weighted by Crippen LogP contribution is 2.40. The quantitative estimate of drug-likeness (QED) is 0.336. The normalized spacial score (nSPS) is 17.7. The number of nitrogens with one attached hydrogen (secondary N) is 1. The number of carbonyl (C=O) groups excluding carboxylic acids is 1. The number of H-pyrrole nitrogens is 1. The number of nitrogens with zero attached hydrogens (tertiary/aromatic N) is 3. The zero-order chi connectivity index (χ0) is 26.2. The van der Waals surface area contributed by atoms with Gasteiger partial charge in [-0.2, -0.15) is 5.10 Å². The third-order valence-corrected chi connectivity index (χ3v) is 6.73. The van der Waals surface area contributed by atoms with Crippen LogP contribution in [0.1, 0.15) is 41.5 Å². The molecule has 0 bridgehead atoms. The Bertz CT molecular complexity index is 1430. The molecule has 1 fully saturated rings. The van der Waals surface area contributed by atoms with Gasteiger partial charge >= 0.3 is 6.36 Å². The molecule has 3 aromatic carbocycles. The van der Waals surface area contributed by atoms with Gasteiger partial charge in [-0.25, -0.2) is 4.98 Å². The second-order valence-electron chi connectivity index (χ2n) is 9.30. The first-order chi connectivity index (χ1) is 17.7. The van der Waals surface area contributed by atoms with Crippen molar-refractivity contribution in [1.82, 2.24) is 20.1 Å². The van der Waals surface area contributed by atoms with Gasteiger partial charge in [-0.15, -0.1) is 13.2 Å². The first-order valence-electron chi connectivity index (χ1n) is 11.9. The van der Waals surface area contributed by atoms with E-state index in [1.807, 2.05) is 62.4 Å². The maximum absolute atomic E-state index is 14.0. The number of aromatic amines is 1. The van der Waals surface area contributed by atoms with E-state index in [-0.39, 0.29) is 17.3 Å². The van der Waals surface area contributed by atoms with E-state index in [4.69, 9.17) is 0 Å². The van der Waals surface area contributed by atoms with Crippen molar-refractivity contribution in [1.29, 1.82) is 0 Å². The van der Waals surface area contributed by atoms with Crippen molar-refractivity contribution in [3.05, 3.63) is 89.7 Å². The van der Waals surface area contributed by atoms with Gasteiger partial charge in [0.05, 0.1) is 11.1 Å². The fourth-order valence-corrected chi connectivity index (χ4v) is 4.87. The number of hydrogen-bond acceptors (Lipinski definition) is 4. The second kappa shape index (κ2) is 9.38. The Labute approximate surface area is 212 Å². The Morgan fingerprint density at radius 3 is 2.51 bits per heavy atom. The van der Waals surface area contributed by atoms with Gasteiger partial charge in [0.15, 0.2) is 11.6 Å². The summed E-state index contributed by atoms with van der Waals surface area (Å²) in [5, 5.41) is 7.07. The van der Waals surface area contributed by atoms with Gasteiger partial charge < -0.3 is 9.64 Å². The molecule has 1 aromatic heterocycles. The van der Waals surface area contributed by atoms with Crippen LogP contribution in [0.4, 0.5) is 13.2 Å². The molecule has 1 unspecified atom stereocenters. The number of carbonyl (C=O) groups is 1. The topological polar surface area (TPSA) is 71.1 Å². The molecule has 37 heavy (non-hydrogen) atoms. The lowest BCUT2D eigenvalue weighted by Gasteiger charge is -2.34. The number of aromatic nitrogens is 3. The third-order valence-electron chi connectivity index (χ3n) is 6.73. The summed E-state index contributed by atoms with van der Waals surface area (Å²) in [4.78, 5) is 20.3. The number of ether oxygens (including phenoxy) is 1. The van der Waals surface area contributed by atoms with Crippen LogP contribution in [0.25, 0.3) is 22.5 Å². The molecule has 190 valence electrons. The van der Waals surface area contributed by atoms with Crippen LogP contribution in [0.2, 0.25) is 0 Å². The van der Waals surface area contributed by atoms with Crippen molar-refractivity contribution in [2.45, 2.75) is 38.6 Å². The standard InChI is InChI=1S/C28H25F3N4O2/c1-18-13-14-20(19-9-4-3-5-10-19)22(17-18)25(36)35-16-8-15-27(35,2)26-32-24(33-34-26)21-11-6-7-12-23(21)37-28(29,30)31/h3-7,9-14,17H,8,15-16H2,1-2H3,(H,32,33,34). The molecule has 1 aliphatic rings. The number of amides is 1. The molecule has 6 nitrogen and oxygen atoms in total. The number of para-hydroxylation sites is 1. The molecule has 0 saturated carbocycles. The van der Waals surface area contributed by atoms with E-state index in [0.29, 0.717) is 24.4 Å². The first-order valence-corrected chi connectivity index (χ1v) is 11.9. The summed E-state index contributed by atoms with van der Waals surface area (Å²) >= 11 is 0. The number of likely N-dealkylation sites (tertiary alicyclic amines) is 1. The molecule has 1 aliphatic heterocycles. The molecule has 1 N–H and O–H groups in total. The van der Waals surface area contributed by atoms with E-state index in [1.54, 1.807) is 11.0 Å². The van der Waals surface area contributed by atoms with Crippen molar-refractivity contribution in [2.24, 2.45) is 0 Å². The van der Waals surface area contributed by atoms with E-state index in [1.165, 1.54) is 18.2 Å². The average Bonchev–Trinajstić information content (AvgIpc) is 3.52. The predicted octanol–water partition coefficient (Wildman–Crippen LogP) is 6.50. The Kier molecular flexibility index (Phi) is 6.23. The maximum Gasteiger partial charge on any atom is 0.573 e. The van der Waals surface area contributed by atoms with Crippen molar-refractivity contribution < 1.29 is 22.7 Å². The number of rotatable bonds is 5. The highest BCUT2D eigenvalue weighted by Gasteiger charge is 2.44. The Hall–Kier alpha value is -4.14. The van der Waals surface area contributed by atoms with Gasteiger partial charge in [-0.05, 0) is 56.0 Å². The Balaban J connectivity index is 1.50. The summed E-state index contributed by atoms with van der Waals surface area (Å²) in [6.07, 6.45) is -3.47. The minimum atomic E-state index is -4.85. The van der Waals surface area contributed by atoms with E-state index in [9.17, 15) is 18.0 Å². The minimum absolute atomic E-state index is 0.0657. The van der Waals surface area contributed by atoms with Crippen LogP contribution in [0, 0.1) is 6.92 Å². The van der Waals surface area contributed by atoms with Crippen LogP contribution in [0.3, 0.4) is 0 Å². The van der Waals surface area contributed by atoms with E-state index in [2.05, 4.69) is 19.9 Å². The van der Waals surface area contributed by atoms with Gasteiger partial charge in [0.25, 0.3) is 5.91 Å². The van der Waals surface area contributed by atoms with E-state index < -0.39 is 17.7 Å². The van der Waals surface area contributed by atoms with Crippen LogP contribution in [-0.4, -0.2) is 38.9 Å². The minimum Gasteiger partial charge on any atom is -0.405 e. The molecule has 5 rings (SSSR count). The van der Waals surface area contributed by atoms with Crippen molar-refractivity contribution in [2.75, 3.05) is 6.54 Å². The van der Waals surface area contributed by atoms with E-state index in [0.717, 1.165) is 23.1 Å². The zero-order valence-electron chi connectivity index (χ0n) is 20.3. The summed E-state index contributed by atoms with van der Waals surface area (Å²) in [6.45, 7) is 4.36. The molecule has 1 amide bonds. The fourth-order valence-electron chi connectivity index (χ4n) is 4.87. The molecule has 9 heteroatoms. The molecular weight excluding hydrogens is 481 g/mol. The molecular formula is C28H25F3N4O2. The monoisotopic (exact) mass is 506 g/mol. The van der Waals surface area contributed by atoms with Crippen LogP contribution < -0.4 is 4.74 Å². The average molecular weight is 507 g/mol. The molecule has 0 spiro atoms. The molecule has 1 saturated heterocycles. The molecule has 0 radical (unpaired) electrons. The first kappa shape index (κ1) is 24.5. The van der Waals surface area contributed by atoms with Crippen LogP contribution in [-0.2, 0) is 5.54 Å². The number of halogens is 3. The lowest BCUT2D eigenvalue weighted by atomic mass is 9.94. The smallest absolute Gasteiger partial charge is 0.405 e. The van der Waals surface area contributed by atoms with Crippen LogP contribution in [0.15, 0.2) is 72.8 Å². The van der Waals surface area contributed by atoms with Crippen LogP contribution in [0.5, 0.6) is 5.75 Å². The number of benzene rings is 3. The number of alkyl halides is 3. The lowest BCUT2D eigenvalue weighted by Crippen LogP contribution is -2.43. The number of aryl methyl sites for hydroxylation is 1. The van der Waals surface area contributed by atoms with Crippen molar-refractivity contribution in [3.63, 3.8) is 0 Å². The SMILES string of the molecule is Cc1ccc(-c2ccccc2)c(C(=O)N2CCCC2(C)c2nc(-c3ccccc3OC(F)(F)F)n[nH]2)c1. The predicted molar refractivity (Wildman–Crippen MR) is 133 cm³/mol. The summed E-state index contributed by atoms with van der Waals surface area (Å²) in [6, 6.07) is 21.3. The van der Waals surface area contributed by atoms with Crippen molar-refractivity contribution >= 4 is 5.91 Å². The molecule has 0 aliphatic carbocycles. The fraction of sp³-hybridized carbons (Fsp3) is 0.250. The highest BCUT2D eigenvalue weighted by molar-refractivity contribution is 6.01. The van der Waals surface area contributed by atoms with E-state index >= 15 is 0 Å². The summed E-state index contributed by atoms with van der Waals surface area (Å²) in [5.41, 5.74) is 2.61.